The minimum absolute atomic E-state index is 0.0869. The number of aromatic hydroxyl groups is 1. The number of carbonyl (C=O) groups excluding carboxylic acids is 1. The van der Waals surface area contributed by atoms with Crippen LogP contribution < -0.4 is 27.1 Å². The van der Waals surface area contributed by atoms with Crippen LogP contribution in [0.2, 0.25) is 0 Å². The molecule has 1 aromatic heterocycles. The SMILES string of the molecule is CC(=O)NCCC1=c2ccccc2=NC1=Cc1c(O)n(-c2ccc(Br)cc2)c(=O)[nH]c1=O. The Hall–Kier alpha value is -3.72. The van der Waals surface area contributed by atoms with E-state index in [1.807, 2.05) is 24.3 Å². The summed E-state index contributed by atoms with van der Waals surface area (Å²) in [6.45, 7) is 1.84. The number of aromatic amines is 1. The highest BCUT2D eigenvalue weighted by atomic mass is 79.9. The van der Waals surface area contributed by atoms with Crippen LogP contribution in [0.3, 0.4) is 0 Å². The smallest absolute Gasteiger partial charge is 0.335 e. The second-order valence-electron chi connectivity index (χ2n) is 7.18. The Bertz CT molecular complexity index is 1480. The Morgan fingerprint density at radius 2 is 1.91 bits per heavy atom. The summed E-state index contributed by atoms with van der Waals surface area (Å²) in [5.74, 6) is -0.629. The quantitative estimate of drug-likeness (QED) is 0.496. The minimum Gasteiger partial charge on any atom is -0.494 e. The number of hydrogen-bond donors (Lipinski definition) is 3. The van der Waals surface area contributed by atoms with Crippen LogP contribution in [-0.2, 0) is 4.79 Å². The first-order valence-corrected chi connectivity index (χ1v) is 10.6. The molecule has 162 valence electrons. The second kappa shape index (κ2) is 8.80. The van der Waals surface area contributed by atoms with Crippen LogP contribution in [0.1, 0.15) is 18.9 Å². The normalized spacial score (nSPS) is 13.7. The third-order valence-electron chi connectivity index (χ3n) is 5.01. The van der Waals surface area contributed by atoms with Crippen molar-refractivity contribution < 1.29 is 9.90 Å². The molecule has 2 heterocycles. The Balaban J connectivity index is 1.86. The van der Waals surface area contributed by atoms with Gasteiger partial charge in [0, 0.05) is 23.2 Å². The standard InChI is InChI=1S/C23H19BrN4O4/c1-13(29)25-11-10-17-16-4-2-3-5-19(16)26-20(17)12-18-21(30)27-23(32)28(22(18)31)15-8-6-14(24)7-9-15/h2-9,12,31H,10-11H2,1H3,(H,25,29)(H,27,30,32). The summed E-state index contributed by atoms with van der Waals surface area (Å²) in [5, 5.41) is 15.2. The topological polar surface area (TPSA) is 117 Å². The van der Waals surface area contributed by atoms with E-state index >= 15 is 0 Å². The van der Waals surface area contributed by atoms with Gasteiger partial charge in [0.1, 0.15) is 5.56 Å². The van der Waals surface area contributed by atoms with E-state index in [1.165, 1.54) is 13.0 Å². The van der Waals surface area contributed by atoms with Gasteiger partial charge in [-0.25, -0.2) is 14.4 Å². The van der Waals surface area contributed by atoms with Crippen LogP contribution in [0.4, 0.5) is 0 Å². The fraction of sp³-hybridized carbons (Fsp3) is 0.130. The number of rotatable bonds is 5. The number of para-hydroxylation sites is 1. The van der Waals surface area contributed by atoms with Crippen molar-refractivity contribution in [2.24, 2.45) is 4.99 Å². The number of nitrogens with zero attached hydrogens (tertiary/aromatic N) is 2. The zero-order chi connectivity index (χ0) is 22.8. The first kappa shape index (κ1) is 21.5. The zero-order valence-corrected chi connectivity index (χ0v) is 18.6. The molecule has 0 atom stereocenters. The van der Waals surface area contributed by atoms with Gasteiger partial charge in [-0.05, 0) is 48.4 Å². The molecule has 8 nitrogen and oxygen atoms in total. The number of aromatic nitrogens is 2. The van der Waals surface area contributed by atoms with Crippen molar-refractivity contribution in [2.45, 2.75) is 13.3 Å². The molecule has 0 spiro atoms. The summed E-state index contributed by atoms with van der Waals surface area (Å²) in [7, 11) is 0. The van der Waals surface area contributed by atoms with E-state index in [0.29, 0.717) is 24.4 Å². The Labute approximate surface area is 190 Å². The van der Waals surface area contributed by atoms with E-state index < -0.39 is 17.1 Å². The van der Waals surface area contributed by atoms with Gasteiger partial charge in [0.15, 0.2) is 0 Å². The lowest BCUT2D eigenvalue weighted by atomic mass is 10.1. The minimum atomic E-state index is -0.751. The molecule has 4 rings (SSSR count). The van der Waals surface area contributed by atoms with Crippen LogP contribution in [0, 0.1) is 0 Å². The van der Waals surface area contributed by atoms with E-state index in [-0.39, 0.29) is 11.5 Å². The van der Waals surface area contributed by atoms with Crippen molar-refractivity contribution in [1.82, 2.24) is 14.9 Å². The molecular weight excluding hydrogens is 476 g/mol. The molecule has 9 heteroatoms. The summed E-state index contributed by atoms with van der Waals surface area (Å²) < 4.78 is 1.83. The average molecular weight is 495 g/mol. The summed E-state index contributed by atoms with van der Waals surface area (Å²) >= 11 is 3.33. The van der Waals surface area contributed by atoms with Crippen LogP contribution in [0.5, 0.6) is 5.88 Å². The van der Waals surface area contributed by atoms with Crippen LogP contribution in [0.25, 0.3) is 17.3 Å². The largest absolute Gasteiger partial charge is 0.494 e. The number of amides is 1. The first-order valence-electron chi connectivity index (χ1n) is 9.83. The Morgan fingerprint density at radius 3 is 2.62 bits per heavy atom. The molecule has 0 aliphatic carbocycles. The van der Waals surface area contributed by atoms with E-state index in [2.05, 4.69) is 31.2 Å². The van der Waals surface area contributed by atoms with Gasteiger partial charge in [-0.1, -0.05) is 34.1 Å². The third-order valence-corrected chi connectivity index (χ3v) is 5.54. The van der Waals surface area contributed by atoms with Crippen molar-refractivity contribution in [2.75, 3.05) is 6.54 Å². The summed E-state index contributed by atoms with van der Waals surface area (Å²) in [6.07, 6.45) is 1.95. The molecule has 0 fully saturated rings. The summed E-state index contributed by atoms with van der Waals surface area (Å²) in [5.41, 5.74) is 0.149. The number of carbonyl (C=O) groups is 1. The number of H-pyrrole nitrogens is 1. The number of halogens is 1. The third kappa shape index (κ3) is 4.19. The Kier molecular flexibility index (Phi) is 5.91. The number of fused-ring (bicyclic) bond motifs is 1. The van der Waals surface area contributed by atoms with E-state index in [0.717, 1.165) is 25.2 Å². The van der Waals surface area contributed by atoms with Gasteiger partial charge in [-0.3, -0.25) is 14.6 Å². The molecule has 32 heavy (non-hydrogen) atoms. The number of allylic oxidation sites excluding steroid dienone is 1. The van der Waals surface area contributed by atoms with Gasteiger partial charge in [0.25, 0.3) is 5.56 Å². The predicted octanol–water partition coefficient (Wildman–Crippen LogP) is 1.35. The summed E-state index contributed by atoms with van der Waals surface area (Å²) in [4.78, 5) is 43.1. The van der Waals surface area contributed by atoms with Gasteiger partial charge < -0.3 is 10.4 Å². The molecule has 0 radical (unpaired) electrons. The fourth-order valence-electron chi connectivity index (χ4n) is 3.54. The lowest BCUT2D eigenvalue weighted by Gasteiger charge is -2.11. The number of nitrogens with one attached hydrogen (secondary N) is 2. The number of hydrogen-bond acceptors (Lipinski definition) is 5. The highest BCUT2D eigenvalue weighted by molar-refractivity contribution is 9.10. The van der Waals surface area contributed by atoms with E-state index in [4.69, 9.17) is 0 Å². The van der Waals surface area contributed by atoms with Gasteiger partial charge in [0.05, 0.1) is 16.7 Å². The average Bonchev–Trinajstić information content (AvgIpc) is 3.09. The molecule has 1 aliphatic rings. The fourth-order valence-corrected chi connectivity index (χ4v) is 3.81. The molecule has 0 bridgehead atoms. The van der Waals surface area contributed by atoms with E-state index in [9.17, 15) is 19.5 Å². The highest BCUT2D eigenvalue weighted by Gasteiger charge is 2.18. The van der Waals surface area contributed by atoms with E-state index in [1.54, 1.807) is 24.3 Å². The lowest BCUT2D eigenvalue weighted by molar-refractivity contribution is -0.118. The van der Waals surface area contributed by atoms with Gasteiger partial charge >= 0.3 is 5.69 Å². The first-order chi connectivity index (χ1) is 15.3. The predicted molar refractivity (Wildman–Crippen MR) is 124 cm³/mol. The van der Waals surface area contributed by atoms with Crippen molar-refractivity contribution in [3.05, 3.63) is 95.7 Å². The maximum atomic E-state index is 12.6. The van der Waals surface area contributed by atoms with Gasteiger partial charge in [0.2, 0.25) is 11.8 Å². The molecular formula is C23H19BrN4O4. The summed E-state index contributed by atoms with van der Waals surface area (Å²) in [6, 6.07) is 14.2. The molecule has 0 saturated heterocycles. The van der Waals surface area contributed by atoms with Gasteiger partial charge in [-0.15, -0.1) is 0 Å². The van der Waals surface area contributed by atoms with Crippen molar-refractivity contribution in [3.63, 3.8) is 0 Å². The van der Waals surface area contributed by atoms with Crippen molar-refractivity contribution in [3.8, 4) is 11.6 Å². The molecule has 0 unspecified atom stereocenters. The van der Waals surface area contributed by atoms with Crippen molar-refractivity contribution in [1.29, 1.82) is 0 Å². The molecule has 1 aliphatic heterocycles. The van der Waals surface area contributed by atoms with Crippen LogP contribution in [0.15, 0.2) is 73.3 Å². The second-order valence-corrected chi connectivity index (χ2v) is 8.09. The molecule has 2 aromatic carbocycles. The molecule has 3 N–H and O–H groups in total. The zero-order valence-electron chi connectivity index (χ0n) is 17.1. The molecule has 1 amide bonds. The lowest BCUT2D eigenvalue weighted by Crippen LogP contribution is -2.30. The maximum Gasteiger partial charge on any atom is 0.335 e. The Morgan fingerprint density at radius 1 is 1.19 bits per heavy atom. The monoisotopic (exact) mass is 494 g/mol. The van der Waals surface area contributed by atoms with Crippen LogP contribution in [-0.4, -0.2) is 27.1 Å². The van der Waals surface area contributed by atoms with Gasteiger partial charge in [-0.2, -0.15) is 0 Å². The number of benzene rings is 2. The highest BCUT2D eigenvalue weighted by Crippen LogP contribution is 2.24. The molecule has 3 aromatic rings. The maximum absolute atomic E-state index is 12.6. The van der Waals surface area contributed by atoms with Crippen molar-refractivity contribution >= 4 is 33.5 Å². The molecule has 0 saturated carbocycles. The van der Waals surface area contributed by atoms with Crippen LogP contribution >= 0.6 is 15.9 Å².